The zero-order valence-corrected chi connectivity index (χ0v) is 8.49. The zero-order chi connectivity index (χ0) is 10.4. The van der Waals surface area contributed by atoms with E-state index in [0.717, 1.165) is 13.1 Å². The van der Waals surface area contributed by atoms with Gasteiger partial charge in [-0.3, -0.25) is 4.79 Å². The van der Waals surface area contributed by atoms with Crippen molar-refractivity contribution in [3.05, 3.63) is 0 Å². The maximum atomic E-state index is 10.8. The maximum absolute atomic E-state index is 10.8. The Labute approximate surface area is 83.9 Å². The van der Waals surface area contributed by atoms with Crippen molar-refractivity contribution < 1.29 is 14.3 Å². The first-order chi connectivity index (χ1) is 6.74. The van der Waals surface area contributed by atoms with Crippen molar-refractivity contribution in [1.82, 2.24) is 5.32 Å². The smallest absolute Gasteiger partial charge is 0.246 e. The Morgan fingerprint density at radius 1 is 1.79 bits per heavy atom. The second-order valence-electron chi connectivity index (χ2n) is 3.33. The summed E-state index contributed by atoms with van der Waals surface area (Å²) in [5, 5.41) is 3.18. The molecule has 0 aliphatic carbocycles. The van der Waals surface area contributed by atoms with Gasteiger partial charge < -0.3 is 20.5 Å². The van der Waals surface area contributed by atoms with Crippen molar-refractivity contribution in [2.45, 2.75) is 25.6 Å². The molecular weight excluding hydrogens is 184 g/mol. The summed E-state index contributed by atoms with van der Waals surface area (Å²) in [5.41, 5.74) is 5.14. The van der Waals surface area contributed by atoms with E-state index in [1.807, 2.05) is 6.92 Å². The molecule has 1 fully saturated rings. The van der Waals surface area contributed by atoms with Crippen molar-refractivity contribution in [2.75, 3.05) is 26.3 Å². The number of rotatable bonds is 5. The molecule has 0 bridgehead atoms. The van der Waals surface area contributed by atoms with E-state index in [-0.39, 0.29) is 6.10 Å². The third-order valence-electron chi connectivity index (χ3n) is 2.18. The number of morpholine rings is 1. The van der Waals surface area contributed by atoms with Gasteiger partial charge in [0.2, 0.25) is 5.91 Å². The van der Waals surface area contributed by atoms with Gasteiger partial charge in [0.1, 0.15) is 6.10 Å². The van der Waals surface area contributed by atoms with Crippen LogP contribution < -0.4 is 11.1 Å². The second kappa shape index (κ2) is 5.95. The number of carbonyl (C=O) groups excluding carboxylic acids is 1. The first-order valence-electron chi connectivity index (χ1n) is 4.97. The Bertz CT molecular complexity index is 181. The average molecular weight is 202 g/mol. The molecule has 0 radical (unpaired) electrons. The summed E-state index contributed by atoms with van der Waals surface area (Å²) < 4.78 is 10.8. The third-order valence-corrected chi connectivity index (χ3v) is 2.18. The van der Waals surface area contributed by atoms with E-state index in [1.54, 1.807) is 0 Å². The number of ether oxygens (including phenoxy) is 2. The van der Waals surface area contributed by atoms with Crippen molar-refractivity contribution in [2.24, 2.45) is 5.73 Å². The van der Waals surface area contributed by atoms with E-state index in [0.29, 0.717) is 19.6 Å². The molecule has 3 N–H and O–H groups in total. The molecule has 0 aromatic rings. The van der Waals surface area contributed by atoms with Gasteiger partial charge in [0.25, 0.3) is 0 Å². The summed E-state index contributed by atoms with van der Waals surface area (Å²) in [7, 11) is 0. The van der Waals surface area contributed by atoms with Crippen LogP contribution >= 0.6 is 0 Å². The lowest BCUT2D eigenvalue weighted by Gasteiger charge is -2.24. The van der Waals surface area contributed by atoms with Crippen LogP contribution in [-0.4, -0.2) is 44.4 Å². The third kappa shape index (κ3) is 3.61. The minimum Gasteiger partial charge on any atom is -0.373 e. The lowest BCUT2D eigenvalue weighted by Crippen LogP contribution is -2.43. The highest BCUT2D eigenvalue weighted by Gasteiger charge is 2.18. The van der Waals surface area contributed by atoms with Crippen LogP contribution in [0.5, 0.6) is 0 Å². The molecular formula is C9H18N2O3. The highest BCUT2D eigenvalue weighted by atomic mass is 16.5. The van der Waals surface area contributed by atoms with Crippen LogP contribution in [0.3, 0.4) is 0 Å². The molecule has 0 saturated carbocycles. The SMILES string of the molecule is CCC(OCC1CNCCO1)C(N)=O. The predicted molar refractivity (Wildman–Crippen MR) is 51.8 cm³/mol. The molecule has 1 heterocycles. The van der Waals surface area contributed by atoms with Crippen LogP contribution in [0, 0.1) is 0 Å². The van der Waals surface area contributed by atoms with Crippen LogP contribution in [0.1, 0.15) is 13.3 Å². The number of hydrogen-bond acceptors (Lipinski definition) is 4. The van der Waals surface area contributed by atoms with E-state index >= 15 is 0 Å². The number of primary amides is 1. The Hall–Kier alpha value is -0.650. The molecule has 1 aliphatic rings. The summed E-state index contributed by atoms with van der Waals surface area (Å²) in [6, 6.07) is 0. The fourth-order valence-electron chi connectivity index (χ4n) is 1.35. The summed E-state index contributed by atoms with van der Waals surface area (Å²) in [6.45, 7) is 4.64. The molecule has 82 valence electrons. The van der Waals surface area contributed by atoms with Gasteiger partial charge in [-0.05, 0) is 6.42 Å². The minimum atomic E-state index is -0.486. The molecule has 2 atom stereocenters. The highest BCUT2D eigenvalue weighted by Crippen LogP contribution is 2.02. The van der Waals surface area contributed by atoms with Crippen LogP contribution in [0.25, 0.3) is 0 Å². The van der Waals surface area contributed by atoms with E-state index in [2.05, 4.69) is 5.32 Å². The number of carbonyl (C=O) groups is 1. The Morgan fingerprint density at radius 3 is 3.07 bits per heavy atom. The average Bonchev–Trinajstić information content (AvgIpc) is 2.20. The molecule has 2 unspecified atom stereocenters. The van der Waals surface area contributed by atoms with Gasteiger partial charge in [0, 0.05) is 13.1 Å². The second-order valence-corrected chi connectivity index (χ2v) is 3.33. The molecule has 14 heavy (non-hydrogen) atoms. The highest BCUT2D eigenvalue weighted by molar-refractivity contribution is 5.78. The summed E-state index contributed by atoms with van der Waals surface area (Å²) >= 11 is 0. The normalized spacial score (nSPS) is 24.5. The summed E-state index contributed by atoms with van der Waals surface area (Å²) in [5.74, 6) is -0.406. The summed E-state index contributed by atoms with van der Waals surface area (Å²) in [6.07, 6.45) is 0.160. The molecule has 0 spiro atoms. The predicted octanol–water partition coefficient (Wildman–Crippen LogP) is -0.745. The standard InChI is InChI=1S/C9H18N2O3/c1-2-8(9(10)12)14-6-7-5-11-3-4-13-7/h7-8,11H,2-6H2,1H3,(H2,10,12). The number of nitrogens with one attached hydrogen (secondary N) is 1. The quantitative estimate of drug-likeness (QED) is 0.615. The Balaban J connectivity index is 2.20. The van der Waals surface area contributed by atoms with Gasteiger partial charge in [-0.2, -0.15) is 0 Å². The van der Waals surface area contributed by atoms with Crippen molar-refractivity contribution in [3.8, 4) is 0 Å². The summed E-state index contributed by atoms with van der Waals surface area (Å²) in [4.78, 5) is 10.8. The first-order valence-corrected chi connectivity index (χ1v) is 4.97. The molecule has 1 amide bonds. The molecule has 5 nitrogen and oxygen atoms in total. The van der Waals surface area contributed by atoms with Gasteiger partial charge >= 0.3 is 0 Å². The fraction of sp³-hybridized carbons (Fsp3) is 0.889. The maximum Gasteiger partial charge on any atom is 0.246 e. The number of nitrogens with two attached hydrogens (primary N) is 1. The fourth-order valence-corrected chi connectivity index (χ4v) is 1.35. The monoisotopic (exact) mass is 202 g/mol. The Kier molecular flexibility index (Phi) is 4.86. The van der Waals surface area contributed by atoms with Crippen LogP contribution in [0.4, 0.5) is 0 Å². The lowest BCUT2D eigenvalue weighted by molar-refractivity contribution is -0.133. The van der Waals surface area contributed by atoms with Crippen LogP contribution in [-0.2, 0) is 14.3 Å². The topological polar surface area (TPSA) is 73.6 Å². The van der Waals surface area contributed by atoms with Crippen molar-refractivity contribution in [3.63, 3.8) is 0 Å². The van der Waals surface area contributed by atoms with E-state index < -0.39 is 12.0 Å². The molecule has 0 aromatic carbocycles. The van der Waals surface area contributed by atoms with E-state index in [1.165, 1.54) is 0 Å². The van der Waals surface area contributed by atoms with Gasteiger partial charge in [-0.15, -0.1) is 0 Å². The van der Waals surface area contributed by atoms with E-state index in [4.69, 9.17) is 15.2 Å². The molecule has 1 saturated heterocycles. The number of hydrogen-bond donors (Lipinski definition) is 2. The molecule has 0 aromatic heterocycles. The van der Waals surface area contributed by atoms with Crippen LogP contribution in [0.2, 0.25) is 0 Å². The Morgan fingerprint density at radius 2 is 2.57 bits per heavy atom. The van der Waals surface area contributed by atoms with Gasteiger partial charge in [-0.1, -0.05) is 6.92 Å². The largest absolute Gasteiger partial charge is 0.373 e. The van der Waals surface area contributed by atoms with E-state index in [9.17, 15) is 4.79 Å². The molecule has 5 heteroatoms. The zero-order valence-electron chi connectivity index (χ0n) is 8.49. The number of amides is 1. The van der Waals surface area contributed by atoms with Crippen molar-refractivity contribution in [1.29, 1.82) is 0 Å². The van der Waals surface area contributed by atoms with Gasteiger partial charge in [0.05, 0.1) is 19.3 Å². The van der Waals surface area contributed by atoms with Gasteiger partial charge in [-0.25, -0.2) is 0 Å². The van der Waals surface area contributed by atoms with Crippen molar-refractivity contribution >= 4 is 5.91 Å². The first kappa shape index (κ1) is 11.4. The van der Waals surface area contributed by atoms with Gasteiger partial charge in [0.15, 0.2) is 0 Å². The molecule has 1 aliphatic heterocycles. The minimum absolute atomic E-state index is 0.0390. The van der Waals surface area contributed by atoms with Crippen LogP contribution in [0.15, 0.2) is 0 Å². The lowest BCUT2D eigenvalue weighted by atomic mass is 10.2. The molecule has 1 rings (SSSR count).